The van der Waals surface area contributed by atoms with Crippen LogP contribution in [0.1, 0.15) is 33.1 Å². The highest BCUT2D eigenvalue weighted by molar-refractivity contribution is 5.87. The molecule has 0 aromatic heterocycles. The van der Waals surface area contributed by atoms with Crippen molar-refractivity contribution in [2.24, 2.45) is 32.9 Å². The number of amides is 1. The van der Waals surface area contributed by atoms with Gasteiger partial charge in [-0.1, -0.05) is 0 Å². The maximum Gasteiger partial charge on any atom is 0.280 e. The largest absolute Gasteiger partial charge is 0.394 e. The Hall–Kier alpha value is -3.16. The van der Waals surface area contributed by atoms with Crippen LogP contribution in [-0.4, -0.2) is 289 Å². The van der Waals surface area contributed by atoms with Gasteiger partial charge in [-0.3, -0.25) is 19.4 Å². The summed E-state index contributed by atoms with van der Waals surface area (Å²) in [5, 5.41) is 128. The van der Waals surface area contributed by atoms with Crippen molar-refractivity contribution in [2.75, 3.05) is 54.0 Å². The van der Waals surface area contributed by atoms with Gasteiger partial charge >= 0.3 is 0 Å². The number of nitrogens with two attached hydrogens (primary N) is 4. The fraction of sp³-hybridized carbons (Fsp3) is 0.902. The van der Waals surface area contributed by atoms with E-state index in [4.69, 9.17) is 56.1 Å². The van der Waals surface area contributed by atoms with Crippen molar-refractivity contribution in [3.8, 4) is 0 Å². The number of ketones is 1. The van der Waals surface area contributed by atoms with Crippen molar-refractivity contribution in [1.82, 2.24) is 20.4 Å². The molecule has 30 heteroatoms. The number of carbonyl (C=O) groups excluding carboxylic acids is 2. The van der Waals surface area contributed by atoms with E-state index in [0.717, 1.165) is 0 Å². The van der Waals surface area contributed by atoms with Crippen LogP contribution in [-0.2, 0) is 42.7 Å². The van der Waals surface area contributed by atoms with Gasteiger partial charge in [0.1, 0.15) is 84.8 Å². The van der Waals surface area contributed by atoms with Crippen molar-refractivity contribution in [3.63, 3.8) is 0 Å². The maximum absolute atomic E-state index is 13.1. The molecule has 30 nitrogen and oxygen atoms in total. The number of likely N-dealkylation sites (N-methyl/N-ethyl adjacent to an activating group) is 3. The fourth-order valence-corrected chi connectivity index (χ4v) is 10.4. The van der Waals surface area contributed by atoms with Crippen LogP contribution in [0.3, 0.4) is 0 Å². The van der Waals surface area contributed by atoms with Crippen molar-refractivity contribution >= 4 is 23.6 Å². The van der Waals surface area contributed by atoms with Crippen molar-refractivity contribution in [2.45, 2.75) is 179 Å². The second-order valence-corrected chi connectivity index (χ2v) is 19.2. The summed E-state index contributed by atoms with van der Waals surface area (Å²) in [5.41, 5.74) is 19.9. The zero-order chi connectivity index (χ0) is 52.6. The lowest BCUT2D eigenvalue weighted by molar-refractivity contribution is -0.421. The second-order valence-electron chi connectivity index (χ2n) is 19.2. The molecular formula is C41H74N10O20. The van der Waals surface area contributed by atoms with Gasteiger partial charge in [-0.05, 0) is 48.0 Å². The molecule has 6 unspecified atom stereocenters. The molecule has 1 amide bonds. The molecule has 0 aromatic carbocycles. The van der Waals surface area contributed by atoms with Crippen LogP contribution in [0.25, 0.3) is 0 Å². The van der Waals surface area contributed by atoms with Gasteiger partial charge in [0.15, 0.2) is 30.3 Å². The van der Waals surface area contributed by atoms with Crippen LogP contribution in [0, 0.1) is 0 Å². The monoisotopic (exact) mass is 1030 g/mol. The van der Waals surface area contributed by atoms with E-state index in [9.17, 15) is 65.8 Å². The van der Waals surface area contributed by atoms with Crippen LogP contribution in [0.4, 0.5) is 0 Å². The number of aliphatic hydroxyl groups is 11. The SMILES string of the molecule is CN[C@H]1[C@@H](O)[C@@H](N(C)CCCC(=O)NCCN(C)C2[C@H](OC3[C@H](O[C@@H]4C(O)[C@H](O)C(N=C(N)N)C(O)[C@@H]4N=C(N)N)O[C@H](C)[C@@]3(O)CO)OC(CO)[C@H](O)[C@@H]2O)[C@H](O)[C@H]2O[C@@H]3O[C@H](C)CC(=O)[C@]3(O)O[C@H]12. The maximum atomic E-state index is 13.1. The van der Waals surface area contributed by atoms with E-state index in [1.165, 1.54) is 18.9 Å². The smallest absolute Gasteiger partial charge is 0.280 e. The van der Waals surface area contributed by atoms with Gasteiger partial charge in [-0.2, -0.15) is 0 Å². The first kappa shape index (κ1) is 57.1. The van der Waals surface area contributed by atoms with Gasteiger partial charge in [0.25, 0.3) is 5.79 Å². The quantitative estimate of drug-likeness (QED) is 0.0448. The van der Waals surface area contributed by atoms with Crippen LogP contribution in [0.5, 0.6) is 0 Å². The molecule has 0 radical (unpaired) electrons. The van der Waals surface area contributed by atoms with Gasteiger partial charge < -0.3 is 123 Å². The molecule has 408 valence electrons. The zero-order valence-electron chi connectivity index (χ0n) is 40.1. The number of aliphatic hydroxyl groups excluding tert-OH is 9. The summed E-state index contributed by atoms with van der Waals surface area (Å²) in [4.78, 5) is 36.8. The number of fused-ring (bicyclic) bond motifs is 2. The number of aliphatic imine (C=N–C) groups is 2. The summed E-state index contributed by atoms with van der Waals surface area (Å²) < 4.78 is 41.6. The third-order valence-corrected chi connectivity index (χ3v) is 14.4. The summed E-state index contributed by atoms with van der Waals surface area (Å²) in [6.45, 7) is 1.32. The number of rotatable bonds is 18. The first-order chi connectivity index (χ1) is 33.3. The van der Waals surface area contributed by atoms with Crippen molar-refractivity contribution in [3.05, 3.63) is 0 Å². The first-order valence-electron chi connectivity index (χ1n) is 23.4. The van der Waals surface area contributed by atoms with Gasteiger partial charge in [0.05, 0.1) is 49.7 Å². The molecule has 71 heavy (non-hydrogen) atoms. The standard InChI is InChI=1S/C41H74N10O20/c1-14-11-17(54)41(64)37(65-14)69-33-29(61)22(26(58)20(46-3)32(33)71-41)50(4)9-6-7-18(55)47-8-10-51(5)23-28(60)24(56)16(12-52)67-35(23)70-34-36(66-15(2)40(34,63)13-53)68-31-21(49-39(44)45)25(57)19(48-38(42)43)27(59)30(31)62/h14-16,19-37,46,52-53,56-64H,6-13H2,1-5H3,(H,47,55)(H4,42,43,48)(H4,44,45,49)/t14-,15-,16?,19?,20+,21+,22-,23?,24+,25?,26-,27-,28-,29+,30?,31+,32-,33-,34?,35+,36+,37+,40+,41+/m1/s1. The molecule has 2 saturated carbocycles. The molecule has 21 N–H and O–H groups in total. The van der Waals surface area contributed by atoms with Crippen molar-refractivity contribution in [1.29, 1.82) is 0 Å². The Labute approximate surface area is 408 Å². The number of guanidine groups is 2. The predicted molar refractivity (Wildman–Crippen MR) is 240 cm³/mol. The highest BCUT2D eigenvalue weighted by atomic mass is 16.8. The first-order valence-corrected chi connectivity index (χ1v) is 23.4. The Balaban J connectivity index is 1.09. The minimum atomic E-state index is -2.42. The van der Waals surface area contributed by atoms with Gasteiger partial charge in [-0.15, -0.1) is 0 Å². The van der Waals surface area contributed by atoms with E-state index in [1.54, 1.807) is 25.9 Å². The average molecular weight is 1030 g/mol. The summed E-state index contributed by atoms with van der Waals surface area (Å²) in [6.07, 6.45) is -25.5. The topological polar surface area (TPSA) is 481 Å². The average Bonchev–Trinajstić information content (AvgIpc) is 3.53. The molecular weight excluding hydrogens is 953 g/mol. The van der Waals surface area contributed by atoms with E-state index in [0.29, 0.717) is 0 Å². The minimum Gasteiger partial charge on any atom is -0.394 e. The number of ether oxygens (including phenoxy) is 7. The Bertz CT molecular complexity index is 1880. The van der Waals surface area contributed by atoms with E-state index in [-0.39, 0.29) is 38.9 Å². The zero-order valence-corrected chi connectivity index (χ0v) is 40.1. The molecule has 0 bridgehead atoms. The minimum absolute atomic E-state index is 0.0153. The molecule has 24 atom stereocenters. The third kappa shape index (κ3) is 11.4. The lowest BCUT2D eigenvalue weighted by Crippen LogP contribution is -2.77. The molecule has 6 fully saturated rings. The van der Waals surface area contributed by atoms with E-state index >= 15 is 0 Å². The third-order valence-electron chi connectivity index (χ3n) is 14.4. The van der Waals surface area contributed by atoms with Crippen LogP contribution < -0.4 is 33.6 Å². The number of carbonyl (C=O) groups is 2. The van der Waals surface area contributed by atoms with Gasteiger partial charge in [0, 0.05) is 25.9 Å². The van der Waals surface area contributed by atoms with Crippen LogP contribution in [0.2, 0.25) is 0 Å². The molecule has 2 aliphatic carbocycles. The second kappa shape index (κ2) is 23.2. The summed E-state index contributed by atoms with van der Waals surface area (Å²) >= 11 is 0. The predicted octanol–water partition coefficient (Wildman–Crippen LogP) is -11.0. The summed E-state index contributed by atoms with van der Waals surface area (Å²) in [7, 11) is 4.69. The van der Waals surface area contributed by atoms with Crippen LogP contribution in [0.15, 0.2) is 9.98 Å². The summed E-state index contributed by atoms with van der Waals surface area (Å²) in [5.74, 6) is -4.58. The van der Waals surface area contributed by atoms with E-state index in [2.05, 4.69) is 20.6 Å². The Morgan fingerprint density at radius 2 is 1.42 bits per heavy atom. The molecule has 4 heterocycles. The number of Topliss-reactive ketones (excluding diaryl/α,β-unsaturated/α-hetero) is 1. The Kier molecular flexibility index (Phi) is 18.6. The summed E-state index contributed by atoms with van der Waals surface area (Å²) in [6, 6.07) is -6.26. The van der Waals surface area contributed by atoms with Gasteiger partial charge in [0.2, 0.25) is 12.2 Å². The fourth-order valence-electron chi connectivity index (χ4n) is 10.4. The Morgan fingerprint density at radius 1 is 0.775 bits per heavy atom. The number of nitrogens with one attached hydrogen (secondary N) is 2. The van der Waals surface area contributed by atoms with E-state index in [1.807, 2.05) is 0 Å². The highest BCUT2D eigenvalue weighted by Crippen LogP contribution is 2.42. The highest BCUT2D eigenvalue weighted by Gasteiger charge is 2.65. The van der Waals surface area contributed by atoms with E-state index < -0.39 is 183 Å². The van der Waals surface area contributed by atoms with Crippen LogP contribution >= 0.6 is 0 Å². The normalized spacial score (nSPS) is 45.8. The number of hydrogen-bond acceptors (Lipinski definition) is 25. The van der Waals surface area contributed by atoms with Gasteiger partial charge in [-0.25, -0.2) is 9.98 Å². The Morgan fingerprint density at radius 3 is 2.04 bits per heavy atom. The molecule has 4 saturated heterocycles. The van der Waals surface area contributed by atoms with Crippen molar-refractivity contribution < 1.29 is 98.9 Å². The molecule has 0 spiro atoms. The molecule has 6 rings (SSSR count). The molecule has 6 aliphatic rings. The lowest BCUT2D eigenvalue weighted by atomic mass is 9.79. The molecule has 4 aliphatic heterocycles. The number of hydrogen-bond donors (Lipinski definition) is 17. The molecule has 0 aromatic rings. The lowest BCUT2D eigenvalue weighted by Gasteiger charge is -2.56. The number of nitrogens with zero attached hydrogens (tertiary/aromatic N) is 4.